The molecule has 2 rings (SSSR count). The van der Waals surface area contributed by atoms with Crippen LogP contribution in [0.1, 0.15) is 66.7 Å². The summed E-state index contributed by atoms with van der Waals surface area (Å²) in [5.41, 5.74) is 0.955. The number of nitrogens with zero attached hydrogens (tertiary/aromatic N) is 1. The number of likely N-dealkylation sites (tertiary alicyclic amines) is 1. The van der Waals surface area contributed by atoms with Gasteiger partial charge in [-0.2, -0.15) is 0 Å². The minimum atomic E-state index is 0.445. The number of likely N-dealkylation sites (N-methyl/N-ethyl adjacent to an activating group) is 1. The first-order chi connectivity index (χ1) is 8.86. The van der Waals surface area contributed by atoms with Crippen molar-refractivity contribution < 1.29 is 0 Å². The van der Waals surface area contributed by atoms with Crippen LogP contribution >= 0.6 is 0 Å². The zero-order chi connectivity index (χ0) is 14.1. The summed E-state index contributed by atoms with van der Waals surface area (Å²) in [6, 6.07) is 1.42. The van der Waals surface area contributed by atoms with Gasteiger partial charge in [-0.1, -0.05) is 41.0 Å². The molecule has 2 heteroatoms. The van der Waals surface area contributed by atoms with E-state index in [0.29, 0.717) is 16.9 Å². The monoisotopic (exact) mass is 266 g/mol. The molecular weight excluding hydrogens is 232 g/mol. The van der Waals surface area contributed by atoms with E-state index in [1.165, 1.54) is 45.2 Å². The molecule has 1 N–H and O–H groups in total. The number of rotatable bonds is 3. The van der Waals surface area contributed by atoms with Gasteiger partial charge in [0.15, 0.2) is 0 Å². The number of hydrogen-bond acceptors (Lipinski definition) is 2. The van der Waals surface area contributed by atoms with Gasteiger partial charge < -0.3 is 5.32 Å². The van der Waals surface area contributed by atoms with E-state index in [0.717, 1.165) is 12.6 Å². The zero-order valence-corrected chi connectivity index (χ0v) is 13.8. The van der Waals surface area contributed by atoms with Gasteiger partial charge in [-0.05, 0) is 49.6 Å². The second-order valence-electron chi connectivity index (χ2n) is 8.22. The van der Waals surface area contributed by atoms with Gasteiger partial charge in [0.2, 0.25) is 0 Å². The molecule has 0 amide bonds. The molecule has 0 aromatic carbocycles. The highest BCUT2D eigenvalue weighted by atomic mass is 15.2. The highest BCUT2D eigenvalue weighted by Crippen LogP contribution is 2.40. The third-order valence-corrected chi connectivity index (χ3v) is 5.37. The van der Waals surface area contributed by atoms with E-state index >= 15 is 0 Å². The van der Waals surface area contributed by atoms with Crippen LogP contribution in [0.4, 0.5) is 0 Å². The van der Waals surface area contributed by atoms with Gasteiger partial charge in [0, 0.05) is 18.6 Å². The second kappa shape index (κ2) is 5.73. The van der Waals surface area contributed by atoms with E-state index in [1.807, 2.05) is 0 Å². The molecule has 0 aromatic rings. The Morgan fingerprint density at radius 2 is 1.84 bits per heavy atom. The van der Waals surface area contributed by atoms with Crippen LogP contribution in [0.3, 0.4) is 0 Å². The predicted molar refractivity (Wildman–Crippen MR) is 83.5 cm³/mol. The van der Waals surface area contributed by atoms with E-state index in [-0.39, 0.29) is 0 Å². The fourth-order valence-corrected chi connectivity index (χ4v) is 4.39. The number of hydrogen-bond donors (Lipinski definition) is 1. The lowest BCUT2D eigenvalue weighted by Gasteiger charge is -2.51. The summed E-state index contributed by atoms with van der Waals surface area (Å²) in [7, 11) is 0. The van der Waals surface area contributed by atoms with Crippen molar-refractivity contribution in [1.82, 2.24) is 10.2 Å². The average Bonchev–Trinajstić information content (AvgIpc) is 2.30. The average molecular weight is 266 g/mol. The van der Waals surface area contributed by atoms with Crippen molar-refractivity contribution in [1.29, 1.82) is 0 Å². The first kappa shape index (κ1) is 15.3. The van der Waals surface area contributed by atoms with Crippen molar-refractivity contribution in [2.45, 2.75) is 78.8 Å². The molecule has 0 bridgehead atoms. The van der Waals surface area contributed by atoms with Crippen LogP contribution < -0.4 is 5.32 Å². The fourth-order valence-electron chi connectivity index (χ4n) is 4.39. The molecule has 1 heterocycles. The third kappa shape index (κ3) is 3.52. The Labute approximate surface area is 120 Å². The van der Waals surface area contributed by atoms with Crippen molar-refractivity contribution >= 4 is 0 Å². The minimum Gasteiger partial charge on any atom is -0.312 e. The second-order valence-corrected chi connectivity index (χ2v) is 8.22. The van der Waals surface area contributed by atoms with Gasteiger partial charge in [-0.25, -0.2) is 0 Å². The minimum absolute atomic E-state index is 0.445. The van der Waals surface area contributed by atoms with E-state index in [2.05, 4.69) is 44.8 Å². The van der Waals surface area contributed by atoms with Crippen molar-refractivity contribution in [3.63, 3.8) is 0 Å². The molecule has 19 heavy (non-hydrogen) atoms. The summed E-state index contributed by atoms with van der Waals surface area (Å²) in [5, 5.41) is 3.81. The van der Waals surface area contributed by atoms with Crippen LogP contribution in [-0.2, 0) is 0 Å². The maximum Gasteiger partial charge on any atom is 0.0274 e. The van der Waals surface area contributed by atoms with Crippen LogP contribution in [0.25, 0.3) is 0 Å². The van der Waals surface area contributed by atoms with Gasteiger partial charge in [0.25, 0.3) is 0 Å². The Hall–Kier alpha value is -0.0800. The molecule has 1 saturated heterocycles. The summed E-state index contributed by atoms with van der Waals surface area (Å²) in [6.45, 7) is 15.7. The van der Waals surface area contributed by atoms with Crippen molar-refractivity contribution in [2.24, 2.45) is 10.8 Å². The highest BCUT2D eigenvalue weighted by molar-refractivity contribution is 4.99. The topological polar surface area (TPSA) is 15.3 Å². The summed E-state index contributed by atoms with van der Waals surface area (Å²) in [5.74, 6) is 0. The van der Waals surface area contributed by atoms with Gasteiger partial charge in [-0.15, -0.1) is 0 Å². The largest absolute Gasteiger partial charge is 0.312 e. The van der Waals surface area contributed by atoms with Gasteiger partial charge >= 0.3 is 0 Å². The lowest BCUT2D eigenvalue weighted by Crippen LogP contribution is -2.61. The van der Waals surface area contributed by atoms with Crippen LogP contribution in [0.15, 0.2) is 0 Å². The van der Waals surface area contributed by atoms with E-state index in [4.69, 9.17) is 0 Å². The highest BCUT2D eigenvalue weighted by Gasteiger charge is 2.42. The third-order valence-electron chi connectivity index (χ3n) is 5.37. The van der Waals surface area contributed by atoms with E-state index in [9.17, 15) is 0 Å². The standard InChI is InChI=1S/C17H34N2/c1-6-18-15-14(9-7-11-17(15,4)5)19-12-8-10-16(2,3)13-19/h14-15,18H,6-13H2,1-5H3. The normalized spacial score (nSPS) is 35.2. The van der Waals surface area contributed by atoms with E-state index < -0.39 is 0 Å². The Bertz CT molecular complexity index is 296. The van der Waals surface area contributed by atoms with Crippen LogP contribution in [-0.4, -0.2) is 36.6 Å². The first-order valence-corrected chi connectivity index (χ1v) is 8.33. The summed E-state index contributed by atoms with van der Waals surface area (Å²) >= 11 is 0. The Morgan fingerprint density at radius 1 is 1.11 bits per heavy atom. The number of piperidine rings is 1. The lowest BCUT2D eigenvalue weighted by atomic mass is 9.69. The predicted octanol–water partition coefficient (Wildman–Crippen LogP) is 3.67. The van der Waals surface area contributed by atoms with E-state index in [1.54, 1.807) is 0 Å². The zero-order valence-electron chi connectivity index (χ0n) is 13.8. The first-order valence-electron chi connectivity index (χ1n) is 8.33. The number of nitrogens with one attached hydrogen (secondary N) is 1. The molecule has 1 aliphatic carbocycles. The lowest BCUT2D eigenvalue weighted by molar-refractivity contribution is 0.00628. The molecule has 0 spiro atoms. The molecule has 112 valence electrons. The maximum absolute atomic E-state index is 3.81. The molecule has 2 nitrogen and oxygen atoms in total. The van der Waals surface area contributed by atoms with Crippen molar-refractivity contribution in [2.75, 3.05) is 19.6 Å². The van der Waals surface area contributed by atoms with Crippen LogP contribution in [0.2, 0.25) is 0 Å². The maximum atomic E-state index is 3.81. The smallest absolute Gasteiger partial charge is 0.0274 e. The van der Waals surface area contributed by atoms with Crippen molar-refractivity contribution in [3.8, 4) is 0 Å². The van der Waals surface area contributed by atoms with Gasteiger partial charge in [-0.3, -0.25) is 4.90 Å². The molecule has 0 radical (unpaired) electrons. The molecule has 2 unspecified atom stereocenters. The molecule has 2 fully saturated rings. The van der Waals surface area contributed by atoms with Gasteiger partial charge in [0.1, 0.15) is 0 Å². The molecule has 0 aromatic heterocycles. The SMILES string of the molecule is CCNC1C(N2CCCC(C)(C)C2)CCCC1(C)C. The fraction of sp³-hybridized carbons (Fsp3) is 1.00. The Morgan fingerprint density at radius 3 is 2.47 bits per heavy atom. The quantitative estimate of drug-likeness (QED) is 0.838. The molecule has 1 saturated carbocycles. The summed E-state index contributed by atoms with van der Waals surface area (Å²) in [6.07, 6.45) is 6.93. The van der Waals surface area contributed by atoms with Crippen LogP contribution in [0.5, 0.6) is 0 Å². The van der Waals surface area contributed by atoms with Crippen LogP contribution in [0, 0.1) is 10.8 Å². The Kier molecular flexibility index (Phi) is 4.62. The Balaban J connectivity index is 2.11. The van der Waals surface area contributed by atoms with Crippen molar-refractivity contribution in [3.05, 3.63) is 0 Å². The molecular formula is C17H34N2. The molecule has 2 atom stereocenters. The van der Waals surface area contributed by atoms with Gasteiger partial charge in [0.05, 0.1) is 0 Å². The molecule has 1 aliphatic heterocycles. The summed E-state index contributed by atoms with van der Waals surface area (Å²) < 4.78 is 0. The summed E-state index contributed by atoms with van der Waals surface area (Å²) in [4.78, 5) is 2.80. The molecule has 2 aliphatic rings.